The van der Waals surface area contributed by atoms with Crippen LogP contribution < -0.4 is 10.6 Å². The number of aromatic hydroxyl groups is 1. The van der Waals surface area contributed by atoms with E-state index in [0.717, 1.165) is 31.6 Å². The van der Waals surface area contributed by atoms with E-state index in [0.29, 0.717) is 12.2 Å². The minimum atomic E-state index is 0.232. The van der Waals surface area contributed by atoms with Crippen molar-refractivity contribution in [2.24, 2.45) is 0 Å². The quantitative estimate of drug-likeness (QED) is 0.201. The Morgan fingerprint density at radius 2 is 1.29 bits per heavy atom. The van der Waals surface area contributed by atoms with Gasteiger partial charge in [0.2, 0.25) is 5.91 Å². The number of carbonyl (C=O) groups is 1. The van der Waals surface area contributed by atoms with E-state index in [1.165, 1.54) is 70.6 Å². The number of nitrogens with one attached hydrogen (secondary N) is 2. The number of unbranched alkanes of at least 4 members (excludes halogenated alkanes) is 11. The second kappa shape index (κ2) is 17.4. The summed E-state index contributed by atoms with van der Waals surface area (Å²) in [5.74, 6) is 0.545. The Morgan fingerprint density at radius 3 is 1.89 bits per heavy atom. The Morgan fingerprint density at radius 1 is 0.750 bits per heavy atom. The molecule has 0 bridgehead atoms. The first-order valence-electron chi connectivity index (χ1n) is 11.5. The highest BCUT2D eigenvalue weighted by molar-refractivity contribution is 5.75. The van der Waals surface area contributed by atoms with Crippen LogP contribution in [0.5, 0.6) is 5.75 Å². The first-order valence-corrected chi connectivity index (χ1v) is 11.5. The molecule has 0 aliphatic heterocycles. The zero-order valence-corrected chi connectivity index (χ0v) is 18.0. The summed E-state index contributed by atoms with van der Waals surface area (Å²) >= 11 is 0. The van der Waals surface area contributed by atoms with Crippen molar-refractivity contribution in [1.29, 1.82) is 0 Å². The first kappa shape index (κ1) is 24.3. The molecule has 0 unspecified atom stereocenters. The smallest absolute Gasteiger partial charge is 0.219 e. The summed E-state index contributed by atoms with van der Waals surface area (Å²) < 4.78 is 0. The summed E-state index contributed by atoms with van der Waals surface area (Å²) in [6.07, 6.45) is 16.8. The van der Waals surface area contributed by atoms with Crippen molar-refractivity contribution in [3.05, 3.63) is 24.3 Å². The Labute approximate surface area is 172 Å². The molecule has 4 heteroatoms. The van der Waals surface area contributed by atoms with Gasteiger partial charge in [-0.05, 0) is 43.5 Å². The Hall–Kier alpha value is -1.71. The van der Waals surface area contributed by atoms with Gasteiger partial charge in [-0.2, -0.15) is 0 Å². The molecule has 0 radical (unpaired) electrons. The molecular weight excluding hydrogens is 348 g/mol. The minimum absolute atomic E-state index is 0.232. The third-order valence-electron chi connectivity index (χ3n) is 5.13. The highest BCUT2D eigenvalue weighted by Gasteiger charge is 2.00. The van der Waals surface area contributed by atoms with E-state index >= 15 is 0 Å². The molecule has 3 N–H and O–H groups in total. The van der Waals surface area contributed by atoms with Crippen molar-refractivity contribution >= 4 is 11.6 Å². The molecule has 1 aromatic rings. The fourth-order valence-corrected chi connectivity index (χ4v) is 3.33. The van der Waals surface area contributed by atoms with Crippen molar-refractivity contribution in [2.75, 3.05) is 18.4 Å². The van der Waals surface area contributed by atoms with Crippen LogP contribution in [0.15, 0.2) is 24.3 Å². The lowest BCUT2D eigenvalue weighted by Gasteiger charge is -2.07. The molecule has 1 rings (SSSR count). The van der Waals surface area contributed by atoms with E-state index in [-0.39, 0.29) is 5.91 Å². The monoisotopic (exact) mass is 390 g/mol. The Bertz CT molecular complexity index is 488. The highest BCUT2D eigenvalue weighted by atomic mass is 16.3. The van der Waals surface area contributed by atoms with Crippen LogP contribution in [0.25, 0.3) is 0 Å². The van der Waals surface area contributed by atoms with Gasteiger partial charge in [-0.25, -0.2) is 0 Å². The molecule has 160 valence electrons. The number of benzene rings is 1. The molecular formula is C24H42N2O2. The lowest BCUT2D eigenvalue weighted by molar-refractivity contribution is -0.121. The predicted molar refractivity (Wildman–Crippen MR) is 120 cm³/mol. The van der Waals surface area contributed by atoms with Crippen molar-refractivity contribution in [1.82, 2.24) is 5.32 Å². The van der Waals surface area contributed by atoms with Gasteiger partial charge in [0.05, 0.1) is 0 Å². The lowest BCUT2D eigenvalue weighted by atomic mass is 10.1. The van der Waals surface area contributed by atoms with Crippen LogP contribution in [-0.4, -0.2) is 24.1 Å². The van der Waals surface area contributed by atoms with Crippen molar-refractivity contribution in [3.8, 4) is 5.75 Å². The van der Waals surface area contributed by atoms with E-state index in [9.17, 15) is 9.90 Å². The molecule has 0 saturated heterocycles. The molecule has 1 aromatic carbocycles. The average Bonchev–Trinajstić information content (AvgIpc) is 2.70. The maximum atomic E-state index is 11.7. The highest BCUT2D eigenvalue weighted by Crippen LogP contribution is 2.14. The number of hydrogen-bond acceptors (Lipinski definition) is 3. The van der Waals surface area contributed by atoms with Gasteiger partial charge in [0, 0.05) is 25.2 Å². The van der Waals surface area contributed by atoms with Gasteiger partial charge in [-0.3, -0.25) is 4.79 Å². The third-order valence-corrected chi connectivity index (χ3v) is 5.13. The van der Waals surface area contributed by atoms with Crippen LogP contribution in [0.1, 0.15) is 96.8 Å². The lowest BCUT2D eigenvalue weighted by Crippen LogP contribution is -2.23. The number of amides is 1. The molecule has 0 saturated carbocycles. The van der Waals surface area contributed by atoms with Crippen LogP contribution in [0.3, 0.4) is 0 Å². The first-order chi connectivity index (χ1) is 13.7. The molecule has 0 aliphatic carbocycles. The largest absolute Gasteiger partial charge is 0.508 e. The van der Waals surface area contributed by atoms with Gasteiger partial charge in [-0.1, -0.05) is 71.1 Å². The number of phenols is 1. The van der Waals surface area contributed by atoms with Crippen molar-refractivity contribution in [3.63, 3.8) is 0 Å². The molecule has 0 spiro atoms. The average molecular weight is 391 g/mol. The van der Waals surface area contributed by atoms with Gasteiger partial charge < -0.3 is 15.7 Å². The maximum Gasteiger partial charge on any atom is 0.219 e. The topological polar surface area (TPSA) is 61.4 Å². The number of rotatable bonds is 18. The molecule has 4 nitrogen and oxygen atoms in total. The summed E-state index contributed by atoms with van der Waals surface area (Å²) in [6, 6.07) is 7.25. The summed E-state index contributed by atoms with van der Waals surface area (Å²) in [6.45, 7) is 4.04. The van der Waals surface area contributed by atoms with Gasteiger partial charge in [-0.15, -0.1) is 0 Å². The SMILES string of the molecule is CCCCCCC(=O)NCCCCCCCCCCCNc1ccc(O)cc1. The molecule has 0 atom stereocenters. The van der Waals surface area contributed by atoms with E-state index in [1.807, 2.05) is 12.1 Å². The summed E-state index contributed by atoms with van der Waals surface area (Å²) in [5, 5.41) is 15.7. The van der Waals surface area contributed by atoms with Crippen LogP contribution in [0.2, 0.25) is 0 Å². The predicted octanol–water partition coefficient (Wildman–Crippen LogP) is 6.40. The minimum Gasteiger partial charge on any atom is -0.508 e. The maximum absolute atomic E-state index is 11.7. The van der Waals surface area contributed by atoms with Gasteiger partial charge >= 0.3 is 0 Å². The fraction of sp³-hybridized carbons (Fsp3) is 0.708. The van der Waals surface area contributed by atoms with Crippen molar-refractivity contribution in [2.45, 2.75) is 96.8 Å². The van der Waals surface area contributed by atoms with Crippen LogP contribution >= 0.6 is 0 Å². The number of anilines is 1. The Balaban J connectivity index is 1.77. The van der Waals surface area contributed by atoms with E-state index in [2.05, 4.69) is 17.6 Å². The fourth-order valence-electron chi connectivity index (χ4n) is 3.33. The van der Waals surface area contributed by atoms with E-state index in [1.54, 1.807) is 12.1 Å². The van der Waals surface area contributed by atoms with Gasteiger partial charge in [0.1, 0.15) is 5.75 Å². The normalized spacial score (nSPS) is 10.8. The second-order valence-electron chi connectivity index (χ2n) is 7.82. The zero-order valence-electron chi connectivity index (χ0n) is 18.0. The second-order valence-corrected chi connectivity index (χ2v) is 7.82. The molecule has 0 fully saturated rings. The van der Waals surface area contributed by atoms with Crippen LogP contribution in [0, 0.1) is 0 Å². The van der Waals surface area contributed by atoms with E-state index in [4.69, 9.17) is 0 Å². The van der Waals surface area contributed by atoms with Gasteiger partial charge in [0.15, 0.2) is 0 Å². The number of hydrogen-bond donors (Lipinski definition) is 3. The Kier molecular flexibility index (Phi) is 15.1. The van der Waals surface area contributed by atoms with Crippen LogP contribution in [0.4, 0.5) is 5.69 Å². The number of carbonyl (C=O) groups excluding carboxylic acids is 1. The van der Waals surface area contributed by atoms with E-state index < -0.39 is 0 Å². The molecule has 1 amide bonds. The van der Waals surface area contributed by atoms with Crippen LogP contribution in [-0.2, 0) is 4.79 Å². The third kappa shape index (κ3) is 14.4. The molecule has 0 heterocycles. The summed E-state index contributed by atoms with van der Waals surface area (Å²) in [4.78, 5) is 11.7. The van der Waals surface area contributed by atoms with Gasteiger partial charge in [0.25, 0.3) is 0 Å². The molecule has 28 heavy (non-hydrogen) atoms. The number of phenolic OH excluding ortho intramolecular Hbond substituents is 1. The standard InChI is InChI=1S/C24H42N2O2/c1-2-3-4-12-15-24(28)26-21-14-11-9-7-5-6-8-10-13-20-25-22-16-18-23(27)19-17-22/h16-19,25,27H,2-15,20-21H2,1H3,(H,26,28). The zero-order chi connectivity index (χ0) is 20.3. The molecule has 0 aromatic heterocycles. The summed E-state index contributed by atoms with van der Waals surface area (Å²) in [5.41, 5.74) is 1.07. The molecule has 0 aliphatic rings. The van der Waals surface area contributed by atoms with Crippen molar-refractivity contribution < 1.29 is 9.90 Å². The summed E-state index contributed by atoms with van der Waals surface area (Å²) in [7, 11) is 0.